The molecule has 1 heteroatoms. The molecule has 0 saturated heterocycles. The number of aliphatic hydroxyl groups is 1. The largest absolute Gasteiger partial charge is 0.393 e. The van der Waals surface area contributed by atoms with Gasteiger partial charge in [-0.2, -0.15) is 0 Å². The number of hydrogen-bond donors (Lipinski definition) is 1. The molecule has 2 rings (SSSR count). The van der Waals surface area contributed by atoms with E-state index in [-0.39, 0.29) is 6.10 Å². The SMILES string of the molecule is CC1CCC(C2CC(C(C)C)CCC2O)CC1. The molecule has 0 amide bonds. The van der Waals surface area contributed by atoms with Gasteiger partial charge in [-0.05, 0) is 61.7 Å². The molecule has 2 aliphatic rings. The van der Waals surface area contributed by atoms with Gasteiger partial charge in [0.25, 0.3) is 0 Å². The van der Waals surface area contributed by atoms with Crippen LogP contribution in [0.1, 0.15) is 65.7 Å². The Morgan fingerprint density at radius 2 is 1.59 bits per heavy atom. The predicted octanol–water partition coefficient (Wildman–Crippen LogP) is 4.25. The standard InChI is InChI=1S/C16H30O/c1-11(2)14-8-9-16(17)15(10-14)13-6-4-12(3)5-7-13/h11-17H,4-10H2,1-3H3. The minimum Gasteiger partial charge on any atom is -0.393 e. The van der Waals surface area contributed by atoms with Gasteiger partial charge < -0.3 is 5.11 Å². The molecule has 0 aromatic carbocycles. The lowest BCUT2D eigenvalue weighted by molar-refractivity contribution is -0.00477. The molecule has 0 radical (unpaired) electrons. The van der Waals surface area contributed by atoms with Crippen molar-refractivity contribution in [2.24, 2.45) is 29.6 Å². The normalized spacial score (nSPS) is 43.9. The molecule has 0 aliphatic heterocycles. The Labute approximate surface area is 107 Å². The summed E-state index contributed by atoms with van der Waals surface area (Å²) in [5.41, 5.74) is 0. The van der Waals surface area contributed by atoms with Crippen molar-refractivity contribution < 1.29 is 5.11 Å². The van der Waals surface area contributed by atoms with Crippen molar-refractivity contribution in [1.82, 2.24) is 0 Å². The maximum atomic E-state index is 10.3. The van der Waals surface area contributed by atoms with E-state index in [1.165, 1.54) is 38.5 Å². The number of aliphatic hydroxyl groups excluding tert-OH is 1. The second-order valence-corrected chi connectivity index (χ2v) is 7.07. The molecular weight excluding hydrogens is 208 g/mol. The molecule has 2 aliphatic carbocycles. The summed E-state index contributed by atoms with van der Waals surface area (Å²) in [6.45, 7) is 7.08. The minimum absolute atomic E-state index is 0.00315. The highest BCUT2D eigenvalue weighted by Crippen LogP contribution is 2.43. The summed E-state index contributed by atoms with van der Waals surface area (Å²) in [6, 6.07) is 0. The van der Waals surface area contributed by atoms with Crippen molar-refractivity contribution in [2.75, 3.05) is 0 Å². The van der Waals surface area contributed by atoms with E-state index >= 15 is 0 Å². The lowest BCUT2D eigenvalue weighted by atomic mass is 9.66. The van der Waals surface area contributed by atoms with Gasteiger partial charge in [0.1, 0.15) is 0 Å². The molecule has 0 aromatic rings. The molecule has 3 unspecified atom stereocenters. The van der Waals surface area contributed by atoms with Gasteiger partial charge >= 0.3 is 0 Å². The Hall–Kier alpha value is -0.0400. The van der Waals surface area contributed by atoms with E-state index in [9.17, 15) is 5.11 Å². The predicted molar refractivity (Wildman–Crippen MR) is 72.8 cm³/mol. The summed E-state index contributed by atoms with van der Waals surface area (Å²) in [4.78, 5) is 0. The quantitative estimate of drug-likeness (QED) is 0.762. The zero-order valence-electron chi connectivity index (χ0n) is 11.9. The molecule has 3 atom stereocenters. The highest BCUT2D eigenvalue weighted by atomic mass is 16.3. The topological polar surface area (TPSA) is 20.2 Å². The van der Waals surface area contributed by atoms with Crippen LogP contribution in [-0.4, -0.2) is 11.2 Å². The zero-order valence-corrected chi connectivity index (χ0v) is 11.9. The van der Waals surface area contributed by atoms with Gasteiger partial charge in [-0.3, -0.25) is 0 Å². The first-order valence-corrected chi connectivity index (χ1v) is 7.76. The third-order valence-electron chi connectivity index (χ3n) is 5.51. The van der Waals surface area contributed by atoms with Gasteiger partial charge in [-0.1, -0.05) is 33.6 Å². The van der Waals surface area contributed by atoms with E-state index < -0.39 is 0 Å². The Morgan fingerprint density at radius 1 is 0.941 bits per heavy atom. The van der Waals surface area contributed by atoms with E-state index in [0.717, 1.165) is 30.1 Å². The van der Waals surface area contributed by atoms with Crippen LogP contribution in [0.25, 0.3) is 0 Å². The molecule has 100 valence electrons. The zero-order chi connectivity index (χ0) is 12.4. The van der Waals surface area contributed by atoms with Crippen LogP contribution in [0.15, 0.2) is 0 Å². The molecule has 1 N–H and O–H groups in total. The van der Waals surface area contributed by atoms with Gasteiger partial charge in [0.15, 0.2) is 0 Å². The van der Waals surface area contributed by atoms with Crippen molar-refractivity contribution in [3.63, 3.8) is 0 Å². The van der Waals surface area contributed by atoms with E-state index in [1.807, 2.05) is 0 Å². The van der Waals surface area contributed by atoms with Crippen molar-refractivity contribution in [1.29, 1.82) is 0 Å². The van der Waals surface area contributed by atoms with E-state index in [2.05, 4.69) is 20.8 Å². The average Bonchev–Trinajstić information content (AvgIpc) is 2.31. The van der Waals surface area contributed by atoms with Crippen LogP contribution in [0, 0.1) is 29.6 Å². The first-order chi connectivity index (χ1) is 8.08. The van der Waals surface area contributed by atoms with Crippen LogP contribution in [0.2, 0.25) is 0 Å². The molecular formula is C16H30O. The van der Waals surface area contributed by atoms with Crippen LogP contribution in [0.4, 0.5) is 0 Å². The molecule has 1 nitrogen and oxygen atoms in total. The van der Waals surface area contributed by atoms with Crippen LogP contribution in [-0.2, 0) is 0 Å². The molecule has 0 bridgehead atoms. The maximum absolute atomic E-state index is 10.3. The second kappa shape index (κ2) is 5.73. The molecule has 17 heavy (non-hydrogen) atoms. The Morgan fingerprint density at radius 3 is 2.18 bits per heavy atom. The molecule has 0 spiro atoms. The minimum atomic E-state index is 0.00315. The van der Waals surface area contributed by atoms with Gasteiger partial charge in [-0.15, -0.1) is 0 Å². The van der Waals surface area contributed by atoms with Crippen molar-refractivity contribution in [2.45, 2.75) is 71.8 Å². The summed E-state index contributed by atoms with van der Waals surface area (Å²) in [5, 5.41) is 10.3. The van der Waals surface area contributed by atoms with E-state index in [4.69, 9.17) is 0 Å². The fourth-order valence-corrected chi connectivity index (χ4v) is 4.05. The summed E-state index contributed by atoms with van der Waals surface area (Å²) in [5.74, 6) is 4.02. The summed E-state index contributed by atoms with van der Waals surface area (Å²) < 4.78 is 0. The molecule has 2 saturated carbocycles. The lowest BCUT2D eigenvalue weighted by Crippen LogP contribution is -2.37. The lowest BCUT2D eigenvalue weighted by Gasteiger charge is -2.41. The fourth-order valence-electron chi connectivity index (χ4n) is 4.05. The highest BCUT2D eigenvalue weighted by molar-refractivity contribution is 4.87. The number of hydrogen-bond acceptors (Lipinski definition) is 1. The van der Waals surface area contributed by atoms with E-state index in [1.54, 1.807) is 0 Å². The number of rotatable bonds is 2. The maximum Gasteiger partial charge on any atom is 0.0571 e. The molecule has 0 heterocycles. The summed E-state index contributed by atoms with van der Waals surface area (Å²) >= 11 is 0. The van der Waals surface area contributed by atoms with Gasteiger partial charge in [0.05, 0.1) is 6.10 Å². The van der Waals surface area contributed by atoms with Gasteiger partial charge in [0.2, 0.25) is 0 Å². The van der Waals surface area contributed by atoms with Crippen molar-refractivity contribution in [3.8, 4) is 0 Å². The fraction of sp³-hybridized carbons (Fsp3) is 1.00. The first kappa shape index (κ1) is 13.4. The Balaban J connectivity index is 1.93. The van der Waals surface area contributed by atoms with Crippen molar-refractivity contribution in [3.05, 3.63) is 0 Å². The highest BCUT2D eigenvalue weighted by Gasteiger charge is 2.36. The van der Waals surface area contributed by atoms with Crippen LogP contribution >= 0.6 is 0 Å². The second-order valence-electron chi connectivity index (χ2n) is 7.07. The first-order valence-electron chi connectivity index (χ1n) is 7.76. The third-order valence-corrected chi connectivity index (χ3v) is 5.51. The van der Waals surface area contributed by atoms with Gasteiger partial charge in [-0.25, -0.2) is 0 Å². The smallest absolute Gasteiger partial charge is 0.0571 e. The third kappa shape index (κ3) is 3.24. The monoisotopic (exact) mass is 238 g/mol. The Bertz CT molecular complexity index is 228. The molecule has 0 aromatic heterocycles. The summed E-state index contributed by atoms with van der Waals surface area (Å²) in [6.07, 6.45) is 9.11. The summed E-state index contributed by atoms with van der Waals surface area (Å²) in [7, 11) is 0. The van der Waals surface area contributed by atoms with Gasteiger partial charge in [0, 0.05) is 0 Å². The Kier molecular flexibility index (Phi) is 4.52. The molecule has 2 fully saturated rings. The van der Waals surface area contributed by atoms with Crippen LogP contribution < -0.4 is 0 Å². The van der Waals surface area contributed by atoms with Crippen LogP contribution in [0.5, 0.6) is 0 Å². The van der Waals surface area contributed by atoms with Crippen LogP contribution in [0.3, 0.4) is 0 Å². The van der Waals surface area contributed by atoms with E-state index in [0.29, 0.717) is 5.92 Å². The average molecular weight is 238 g/mol. The van der Waals surface area contributed by atoms with Crippen molar-refractivity contribution >= 4 is 0 Å².